The molecule has 0 aromatic carbocycles. The zero-order valence-electron chi connectivity index (χ0n) is 27.9. The van der Waals surface area contributed by atoms with Crippen molar-refractivity contribution in [2.45, 2.75) is 125 Å². The first-order chi connectivity index (χ1) is 20.2. The average Bonchev–Trinajstić information content (AvgIpc) is 3.56. The molecule has 5 N–H and O–H groups in total. The van der Waals surface area contributed by atoms with Gasteiger partial charge in [0.05, 0.1) is 12.1 Å². The Kier molecular flexibility index (Phi) is 10.8. The van der Waals surface area contributed by atoms with Crippen molar-refractivity contribution in [3.63, 3.8) is 0 Å². The monoisotopic (exact) mass is 618 g/mol. The second-order valence-corrected chi connectivity index (χ2v) is 15.9. The van der Waals surface area contributed by atoms with Gasteiger partial charge in [0.15, 0.2) is 0 Å². The van der Waals surface area contributed by atoms with Crippen LogP contribution in [0.1, 0.15) is 100 Å². The van der Waals surface area contributed by atoms with E-state index in [1.54, 1.807) is 4.90 Å². The normalized spacial score (nSPS) is 22.5. The van der Waals surface area contributed by atoms with Gasteiger partial charge in [0.25, 0.3) is 5.91 Å². The third kappa shape index (κ3) is 9.41. The molecule has 2 saturated heterocycles. The number of hydrogen-bond acceptors (Lipinski definition) is 6. The van der Waals surface area contributed by atoms with Gasteiger partial charge in [-0.15, -0.1) is 0 Å². The van der Waals surface area contributed by atoms with Gasteiger partial charge in [-0.3, -0.25) is 24.0 Å². The predicted octanol–water partition coefficient (Wildman–Crippen LogP) is 2.09. The molecule has 1 aliphatic carbocycles. The highest BCUT2D eigenvalue weighted by atomic mass is 16.2. The number of rotatable bonds is 11. The van der Waals surface area contributed by atoms with Crippen molar-refractivity contribution in [3.8, 4) is 0 Å². The average molecular weight is 619 g/mol. The van der Waals surface area contributed by atoms with Gasteiger partial charge in [0.1, 0.15) is 12.1 Å². The molecule has 3 aliphatic rings. The molecule has 2 heterocycles. The van der Waals surface area contributed by atoms with Crippen molar-refractivity contribution in [3.05, 3.63) is 0 Å². The number of piperidine rings is 1. The lowest BCUT2D eigenvalue weighted by Crippen LogP contribution is -2.62. The van der Waals surface area contributed by atoms with Crippen molar-refractivity contribution in [1.82, 2.24) is 25.8 Å². The number of Topliss-reactive ketones (excluding diaryl/α,β-unsaturated/α-hetero) is 1. The van der Waals surface area contributed by atoms with E-state index in [1.165, 1.54) is 4.90 Å². The Morgan fingerprint density at radius 3 is 2.09 bits per heavy atom. The van der Waals surface area contributed by atoms with E-state index in [0.29, 0.717) is 45.3 Å². The summed E-state index contributed by atoms with van der Waals surface area (Å²) in [6.45, 7) is 17.0. The molecule has 12 nitrogen and oxygen atoms in total. The SMILES string of the molecule is CC1(C)CCN(C[C@@H](NC(=O)N[C@H](C(=O)N2CCC[C@H]2C(=O)NC(CC2CC2)C(=O)C(N)=O)C(C)(C)C)C(C)(C)C)C(=O)C1. The van der Waals surface area contributed by atoms with Crippen molar-refractivity contribution < 1.29 is 28.8 Å². The molecule has 6 amide bonds. The first-order valence-corrected chi connectivity index (χ1v) is 16.0. The number of likely N-dealkylation sites (tertiary alicyclic amines) is 2. The largest absolute Gasteiger partial charge is 0.363 e. The molecule has 3 rings (SSSR count). The number of urea groups is 1. The van der Waals surface area contributed by atoms with Crippen LogP contribution in [0.2, 0.25) is 0 Å². The van der Waals surface area contributed by atoms with E-state index in [4.69, 9.17) is 5.73 Å². The van der Waals surface area contributed by atoms with Crippen LogP contribution in [0.4, 0.5) is 4.79 Å². The molecule has 2 aliphatic heterocycles. The van der Waals surface area contributed by atoms with E-state index in [2.05, 4.69) is 29.8 Å². The number of nitrogens with zero attached hydrogens (tertiary/aromatic N) is 2. The smallest absolute Gasteiger partial charge is 0.315 e. The molecule has 1 unspecified atom stereocenters. The summed E-state index contributed by atoms with van der Waals surface area (Å²) in [5.74, 6) is -2.51. The summed E-state index contributed by atoms with van der Waals surface area (Å²) in [4.78, 5) is 80.9. The number of carbonyl (C=O) groups is 6. The molecule has 3 fully saturated rings. The number of amides is 6. The van der Waals surface area contributed by atoms with Crippen LogP contribution in [0.5, 0.6) is 0 Å². The van der Waals surface area contributed by atoms with Gasteiger partial charge >= 0.3 is 6.03 Å². The molecular weight excluding hydrogens is 564 g/mol. The van der Waals surface area contributed by atoms with Crippen LogP contribution in [0.15, 0.2) is 0 Å². The Labute approximate surface area is 262 Å². The molecule has 0 aromatic heterocycles. The van der Waals surface area contributed by atoms with E-state index in [1.807, 2.05) is 41.5 Å². The molecule has 0 aromatic rings. The van der Waals surface area contributed by atoms with E-state index < -0.39 is 53.1 Å². The first kappa shape index (κ1) is 35.3. The van der Waals surface area contributed by atoms with Crippen molar-refractivity contribution in [2.75, 3.05) is 19.6 Å². The summed E-state index contributed by atoms with van der Waals surface area (Å²) in [6.07, 6.45) is 4.51. The minimum absolute atomic E-state index is 0.0459. The summed E-state index contributed by atoms with van der Waals surface area (Å²) in [5, 5.41) is 8.59. The second kappa shape index (κ2) is 13.4. The van der Waals surface area contributed by atoms with Crippen LogP contribution in [-0.2, 0) is 24.0 Å². The van der Waals surface area contributed by atoms with Gasteiger partial charge in [0, 0.05) is 26.1 Å². The fraction of sp³-hybridized carbons (Fsp3) is 0.812. The van der Waals surface area contributed by atoms with Crippen LogP contribution in [0.3, 0.4) is 0 Å². The maximum absolute atomic E-state index is 14.0. The van der Waals surface area contributed by atoms with Crippen LogP contribution >= 0.6 is 0 Å². The van der Waals surface area contributed by atoms with E-state index in [9.17, 15) is 28.8 Å². The molecule has 44 heavy (non-hydrogen) atoms. The van der Waals surface area contributed by atoms with Crippen LogP contribution < -0.4 is 21.7 Å². The number of ketones is 1. The molecule has 4 atom stereocenters. The minimum Gasteiger partial charge on any atom is -0.363 e. The predicted molar refractivity (Wildman–Crippen MR) is 166 cm³/mol. The van der Waals surface area contributed by atoms with Gasteiger partial charge in [0.2, 0.25) is 23.5 Å². The highest BCUT2D eigenvalue weighted by Gasteiger charge is 2.44. The number of nitrogens with one attached hydrogen (secondary N) is 3. The third-order valence-electron chi connectivity index (χ3n) is 9.16. The molecule has 0 radical (unpaired) electrons. The summed E-state index contributed by atoms with van der Waals surface area (Å²) < 4.78 is 0. The molecule has 1 saturated carbocycles. The van der Waals surface area contributed by atoms with E-state index >= 15 is 0 Å². The Balaban J connectivity index is 1.71. The Hall–Kier alpha value is -3.18. The number of nitrogens with two attached hydrogens (primary N) is 1. The molecule has 12 heteroatoms. The first-order valence-electron chi connectivity index (χ1n) is 16.0. The molecule has 248 valence electrons. The summed E-state index contributed by atoms with van der Waals surface area (Å²) >= 11 is 0. The topological polar surface area (TPSA) is 171 Å². The van der Waals surface area contributed by atoms with Crippen LogP contribution in [-0.4, -0.2) is 89.0 Å². The second-order valence-electron chi connectivity index (χ2n) is 15.9. The number of hydrogen-bond donors (Lipinski definition) is 4. The zero-order chi connectivity index (χ0) is 33.2. The summed E-state index contributed by atoms with van der Waals surface area (Å²) in [5.41, 5.74) is 4.12. The minimum atomic E-state index is -1.10. The quantitative estimate of drug-likeness (QED) is 0.258. The van der Waals surface area contributed by atoms with E-state index in [-0.39, 0.29) is 28.7 Å². The van der Waals surface area contributed by atoms with Crippen LogP contribution in [0, 0.1) is 22.2 Å². The fourth-order valence-corrected chi connectivity index (χ4v) is 5.93. The molecule has 0 bridgehead atoms. The molecular formula is C32H54N6O6. The van der Waals surface area contributed by atoms with Crippen LogP contribution in [0.25, 0.3) is 0 Å². The lowest BCUT2D eigenvalue weighted by molar-refractivity contribution is -0.143. The lowest BCUT2D eigenvalue weighted by atomic mass is 9.81. The fourth-order valence-electron chi connectivity index (χ4n) is 5.93. The van der Waals surface area contributed by atoms with E-state index in [0.717, 1.165) is 19.3 Å². The highest BCUT2D eigenvalue weighted by molar-refractivity contribution is 6.37. The van der Waals surface area contributed by atoms with Gasteiger partial charge in [-0.25, -0.2) is 4.79 Å². The number of primary amides is 1. The van der Waals surface area contributed by atoms with Crippen molar-refractivity contribution >= 4 is 35.4 Å². The molecule has 0 spiro atoms. The Bertz CT molecular complexity index is 1140. The highest BCUT2D eigenvalue weighted by Crippen LogP contribution is 2.34. The summed E-state index contributed by atoms with van der Waals surface area (Å²) in [7, 11) is 0. The third-order valence-corrected chi connectivity index (χ3v) is 9.16. The number of carbonyl (C=O) groups excluding carboxylic acids is 6. The standard InChI is InChI=1S/C32H54N6O6/c1-30(2,3)22(18-37-15-13-32(7,8)17-23(37)39)35-29(44)36-25(31(4,5)6)28(43)38-14-9-10-21(38)27(42)34-20(16-19-11-12-19)24(40)26(33)41/h19-22,25H,9-18H2,1-8H3,(H2,33,41)(H,34,42)(H2,35,36,44)/t20?,21-,22+,25+/m0/s1. The Morgan fingerprint density at radius 1 is 0.932 bits per heavy atom. The van der Waals surface area contributed by atoms with Crippen molar-refractivity contribution in [1.29, 1.82) is 0 Å². The van der Waals surface area contributed by atoms with Crippen molar-refractivity contribution in [2.24, 2.45) is 27.9 Å². The maximum atomic E-state index is 14.0. The lowest BCUT2D eigenvalue weighted by Gasteiger charge is -2.41. The van der Waals surface area contributed by atoms with Gasteiger partial charge in [-0.2, -0.15) is 0 Å². The van der Waals surface area contributed by atoms with Gasteiger partial charge in [-0.05, 0) is 47.8 Å². The maximum Gasteiger partial charge on any atom is 0.315 e. The van der Waals surface area contributed by atoms with Gasteiger partial charge < -0.3 is 31.5 Å². The van der Waals surface area contributed by atoms with Gasteiger partial charge in [-0.1, -0.05) is 68.2 Å². The Morgan fingerprint density at radius 2 is 1.57 bits per heavy atom. The zero-order valence-corrected chi connectivity index (χ0v) is 27.9. The summed E-state index contributed by atoms with van der Waals surface area (Å²) in [6, 6.07) is -3.71.